The number of hydrogen-bond acceptors (Lipinski definition) is 8. The maximum Gasteiger partial charge on any atom is 0.186 e. The van der Waals surface area contributed by atoms with Crippen molar-refractivity contribution in [2.75, 3.05) is 13.2 Å². The van der Waals surface area contributed by atoms with Gasteiger partial charge in [-0.1, -0.05) is 18.1 Å². The second kappa shape index (κ2) is 9.28. The molecule has 0 amide bonds. The fourth-order valence-corrected chi connectivity index (χ4v) is 4.21. The molecule has 0 aromatic carbocycles. The van der Waals surface area contributed by atoms with Gasteiger partial charge in [0.2, 0.25) is 0 Å². The van der Waals surface area contributed by atoms with Crippen LogP contribution in [0.1, 0.15) is 46.5 Å². The maximum absolute atomic E-state index is 10.1. The van der Waals surface area contributed by atoms with Crippen LogP contribution in [0.2, 0.25) is 0 Å². The van der Waals surface area contributed by atoms with Crippen molar-refractivity contribution in [3.63, 3.8) is 0 Å². The summed E-state index contributed by atoms with van der Waals surface area (Å²) >= 11 is 0. The van der Waals surface area contributed by atoms with Crippen LogP contribution in [-0.4, -0.2) is 86.8 Å². The van der Waals surface area contributed by atoms with Crippen molar-refractivity contribution < 1.29 is 40.1 Å². The Morgan fingerprint density at radius 2 is 1.81 bits per heavy atom. The summed E-state index contributed by atoms with van der Waals surface area (Å²) in [4.78, 5) is 0. The normalized spacial score (nSPS) is 41.7. The molecule has 0 aromatic heterocycles. The first-order valence-electron chi connectivity index (χ1n) is 9.57. The van der Waals surface area contributed by atoms with Gasteiger partial charge in [0.25, 0.3) is 0 Å². The van der Waals surface area contributed by atoms with E-state index >= 15 is 0 Å². The molecule has 1 fully saturated rings. The van der Waals surface area contributed by atoms with E-state index in [1.54, 1.807) is 0 Å². The van der Waals surface area contributed by atoms with Crippen LogP contribution in [0.15, 0.2) is 11.1 Å². The highest BCUT2D eigenvalue weighted by Gasteiger charge is 2.44. The van der Waals surface area contributed by atoms with E-state index in [2.05, 4.69) is 0 Å². The molecule has 1 unspecified atom stereocenters. The lowest BCUT2D eigenvalue weighted by Gasteiger charge is -2.41. The quantitative estimate of drug-likeness (QED) is 0.318. The summed E-state index contributed by atoms with van der Waals surface area (Å²) in [6.07, 6.45) is -4.87. The highest BCUT2D eigenvalue weighted by molar-refractivity contribution is 5.25. The minimum absolute atomic E-state index is 0.0430. The van der Waals surface area contributed by atoms with Crippen molar-refractivity contribution in [1.82, 2.24) is 0 Å². The Labute approximate surface area is 160 Å². The van der Waals surface area contributed by atoms with Crippen LogP contribution in [0.4, 0.5) is 0 Å². The molecule has 1 heterocycles. The number of hydrogen-bond donors (Lipinski definition) is 6. The predicted molar refractivity (Wildman–Crippen MR) is 96.7 cm³/mol. The highest BCUT2D eigenvalue weighted by atomic mass is 16.7. The van der Waals surface area contributed by atoms with E-state index in [1.807, 2.05) is 20.8 Å². The molecule has 8 atom stereocenters. The van der Waals surface area contributed by atoms with Gasteiger partial charge in [-0.25, -0.2) is 0 Å². The van der Waals surface area contributed by atoms with Crippen LogP contribution in [0, 0.1) is 5.41 Å². The van der Waals surface area contributed by atoms with Gasteiger partial charge in [0.1, 0.15) is 24.4 Å². The van der Waals surface area contributed by atoms with Crippen molar-refractivity contribution >= 4 is 0 Å². The molecular weight excluding hydrogens is 356 g/mol. The third-order valence-corrected chi connectivity index (χ3v) is 5.84. The molecule has 1 aliphatic carbocycles. The Balaban J connectivity index is 1.97. The van der Waals surface area contributed by atoms with E-state index < -0.39 is 48.8 Å². The molecule has 0 saturated carbocycles. The molecule has 27 heavy (non-hydrogen) atoms. The smallest absolute Gasteiger partial charge is 0.186 e. The standard InChI is InChI=1S/C19H34O8/c1-10-6-12(22)7-19(3,9-21)13(10)5-4-11(2)26-18-17(25)16(24)15(23)14(8-20)27-18/h11-12,14-18,20-25H,4-9H2,1-3H3/t11?,12-,14-,15-,16+,17-,18-,19-/m1/s1. The van der Waals surface area contributed by atoms with Crippen LogP contribution in [0.25, 0.3) is 0 Å². The molecule has 0 radical (unpaired) electrons. The molecule has 2 aliphatic rings. The number of rotatable bonds is 7. The first-order valence-corrected chi connectivity index (χ1v) is 9.57. The minimum atomic E-state index is -1.46. The monoisotopic (exact) mass is 390 g/mol. The van der Waals surface area contributed by atoms with E-state index in [1.165, 1.54) is 0 Å². The molecule has 158 valence electrons. The molecular formula is C19H34O8. The minimum Gasteiger partial charge on any atom is -0.395 e. The third-order valence-electron chi connectivity index (χ3n) is 5.84. The predicted octanol–water partition coefficient (Wildman–Crippen LogP) is -0.559. The zero-order valence-corrected chi connectivity index (χ0v) is 16.3. The van der Waals surface area contributed by atoms with E-state index in [0.717, 1.165) is 11.1 Å². The summed E-state index contributed by atoms with van der Waals surface area (Å²) in [6, 6.07) is 0. The molecule has 0 aromatic rings. The summed E-state index contributed by atoms with van der Waals surface area (Å²) in [5.41, 5.74) is 1.72. The van der Waals surface area contributed by atoms with Crippen LogP contribution >= 0.6 is 0 Å². The summed E-state index contributed by atoms with van der Waals surface area (Å²) in [6.45, 7) is 5.18. The fraction of sp³-hybridized carbons (Fsp3) is 0.895. The Kier molecular flexibility index (Phi) is 7.80. The van der Waals surface area contributed by atoms with Crippen LogP contribution in [0.5, 0.6) is 0 Å². The van der Waals surface area contributed by atoms with Crippen molar-refractivity contribution in [3.05, 3.63) is 11.1 Å². The Bertz CT molecular complexity index is 522. The van der Waals surface area contributed by atoms with Gasteiger partial charge in [-0.3, -0.25) is 0 Å². The van der Waals surface area contributed by atoms with E-state index in [4.69, 9.17) is 9.47 Å². The van der Waals surface area contributed by atoms with Gasteiger partial charge in [0.15, 0.2) is 6.29 Å². The van der Waals surface area contributed by atoms with Crippen LogP contribution < -0.4 is 0 Å². The van der Waals surface area contributed by atoms with Gasteiger partial charge < -0.3 is 40.1 Å². The van der Waals surface area contributed by atoms with Crippen molar-refractivity contribution in [1.29, 1.82) is 0 Å². The average Bonchev–Trinajstić information content (AvgIpc) is 2.61. The lowest BCUT2D eigenvalue weighted by atomic mass is 9.69. The van der Waals surface area contributed by atoms with Crippen LogP contribution in [0.3, 0.4) is 0 Å². The van der Waals surface area contributed by atoms with Crippen molar-refractivity contribution in [2.45, 2.75) is 89.4 Å². The van der Waals surface area contributed by atoms with Gasteiger partial charge in [-0.15, -0.1) is 0 Å². The molecule has 2 rings (SSSR count). The molecule has 1 aliphatic heterocycles. The first-order chi connectivity index (χ1) is 12.6. The molecule has 1 saturated heterocycles. The number of aliphatic hydroxyl groups excluding tert-OH is 6. The Morgan fingerprint density at radius 3 is 2.41 bits per heavy atom. The van der Waals surface area contributed by atoms with Gasteiger partial charge in [0.05, 0.1) is 25.4 Å². The van der Waals surface area contributed by atoms with Crippen molar-refractivity contribution in [2.24, 2.45) is 5.41 Å². The van der Waals surface area contributed by atoms with E-state index in [9.17, 15) is 30.6 Å². The third kappa shape index (κ3) is 5.07. The maximum atomic E-state index is 10.1. The molecule has 6 N–H and O–H groups in total. The van der Waals surface area contributed by atoms with Crippen LogP contribution in [-0.2, 0) is 9.47 Å². The summed E-state index contributed by atoms with van der Waals surface area (Å²) in [5.74, 6) is 0. The summed E-state index contributed by atoms with van der Waals surface area (Å²) in [7, 11) is 0. The lowest BCUT2D eigenvalue weighted by molar-refractivity contribution is -0.310. The summed E-state index contributed by atoms with van der Waals surface area (Å²) < 4.78 is 11.1. The fourth-order valence-electron chi connectivity index (χ4n) is 4.21. The molecule has 0 bridgehead atoms. The average molecular weight is 390 g/mol. The van der Waals surface area contributed by atoms with Crippen molar-refractivity contribution in [3.8, 4) is 0 Å². The highest BCUT2D eigenvalue weighted by Crippen LogP contribution is 2.42. The topological polar surface area (TPSA) is 140 Å². The Hall–Kier alpha value is -0.580. The SMILES string of the molecule is CC1=C(CCC(C)O[C@@H]2O[C@H](CO)[C@@H](O)[C@H](O)[C@H]2O)[C@@](C)(CO)C[C@H](O)C1. The zero-order chi connectivity index (χ0) is 20.4. The zero-order valence-electron chi connectivity index (χ0n) is 16.3. The molecule has 8 nitrogen and oxygen atoms in total. The molecule has 0 spiro atoms. The van der Waals surface area contributed by atoms with Gasteiger partial charge >= 0.3 is 0 Å². The van der Waals surface area contributed by atoms with E-state index in [-0.39, 0.29) is 12.7 Å². The second-order valence-corrected chi connectivity index (χ2v) is 8.22. The second-order valence-electron chi connectivity index (χ2n) is 8.22. The summed E-state index contributed by atoms with van der Waals surface area (Å²) in [5, 5.41) is 58.8. The van der Waals surface area contributed by atoms with Gasteiger partial charge in [-0.05, 0) is 39.5 Å². The molecule has 8 heteroatoms. The lowest BCUT2D eigenvalue weighted by Crippen LogP contribution is -2.59. The van der Waals surface area contributed by atoms with Gasteiger partial charge in [-0.2, -0.15) is 0 Å². The van der Waals surface area contributed by atoms with E-state index in [0.29, 0.717) is 25.7 Å². The Morgan fingerprint density at radius 1 is 1.15 bits per heavy atom. The van der Waals surface area contributed by atoms with Gasteiger partial charge in [0, 0.05) is 5.41 Å². The largest absolute Gasteiger partial charge is 0.395 e. The number of aliphatic hydroxyl groups is 6. The number of ether oxygens (including phenoxy) is 2. The first kappa shape index (κ1) is 22.7.